The lowest BCUT2D eigenvalue weighted by Gasteiger charge is -2.30. The number of fused-ring (bicyclic) bond motifs is 2. The number of nitrogens with one attached hydrogen (secondary N) is 2. The summed E-state index contributed by atoms with van der Waals surface area (Å²) in [6.07, 6.45) is 5.49. The molecule has 0 aliphatic carbocycles. The molecule has 0 bridgehead atoms. The second-order valence-electron chi connectivity index (χ2n) is 8.60. The molecule has 3 N–H and O–H groups in total. The molecule has 2 amide bonds. The molecular weight excluding hydrogens is 448 g/mol. The molecule has 1 aliphatic heterocycles. The van der Waals surface area contributed by atoms with E-state index >= 15 is 0 Å². The molecule has 1 aromatic carbocycles. The van der Waals surface area contributed by atoms with Crippen molar-refractivity contribution in [1.82, 2.24) is 24.8 Å². The fourth-order valence-electron chi connectivity index (χ4n) is 4.24. The highest BCUT2D eigenvalue weighted by atomic mass is 16.5. The molecule has 5 rings (SSSR count). The number of hydrogen-bond acceptors (Lipinski definition) is 7. The average Bonchev–Trinajstić information content (AvgIpc) is 3.54. The van der Waals surface area contributed by atoms with E-state index in [0.717, 1.165) is 19.5 Å². The summed E-state index contributed by atoms with van der Waals surface area (Å²) in [4.78, 5) is 31.3. The Morgan fingerprint density at radius 3 is 2.74 bits per heavy atom. The number of aliphatic hydroxyl groups excluding tert-OH is 1. The second kappa shape index (κ2) is 10.1. The van der Waals surface area contributed by atoms with Gasteiger partial charge in [-0.2, -0.15) is 0 Å². The van der Waals surface area contributed by atoms with Gasteiger partial charge in [0.05, 0.1) is 11.8 Å². The number of pyridine rings is 1. The Bertz CT molecular complexity index is 1330. The summed E-state index contributed by atoms with van der Waals surface area (Å²) in [6.45, 7) is 2.67. The van der Waals surface area contributed by atoms with Crippen LogP contribution >= 0.6 is 0 Å². The SMILES string of the molecule is O=C(NCC[C@H](O)CN1CCc2ccccc2C1)c1cn2cc(NC(=O)c3ccon3)ccc2n1. The predicted octanol–water partition coefficient (Wildman–Crippen LogP) is 2.11. The smallest absolute Gasteiger partial charge is 0.277 e. The Kier molecular flexibility index (Phi) is 6.55. The summed E-state index contributed by atoms with van der Waals surface area (Å²) in [5.41, 5.74) is 4.21. The Labute approximate surface area is 201 Å². The standard InChI is InChI=1S/C25H26N6O4/c32-20(15-30-11-8-17-3-1-2-4-18(17)13-30)7-10-26-24(33)22-16-31-14-19(5-6-23(31)28-22)27-25(34)21-9-12-35-29-21/h1-6,9,12,14,16,20,32H,7-8,10-11,13,15H2,(H,26,33)(H,27,34)/t20-/m0/s1. The first-order valence-corrected chi connectivity index (χ1v) is 11.5. The summed E-state index contributed by atoms with van der Waals surface area (Å²) in [5.74, 6) is -0.718. The molecule has 1 atom stereocenters. The van der Waals surface area contributed by atoms with Crippen LogP contribution in [-0.2, 0) is 13.0 Å². The fourth-order valence-corrected chi connectivity index (χ4v) is 4.24. The third-order valence-corrected chi connectivity index (χ3v) is 6.05. The van der Waals surface area contributed by atoms with Gasteiger partial charge >= 0.3 is 0 Å². The molecule has 35 heavy (non-hydrogen) atoms. The van der Waals surface area contributed by atoms with Crippen molar-refractivity contribution in [3.05, 3.63) is 83.6 Å². The van der Waals surface area contributed by atoms with Gasteiger partial charge in [0.1, 0.15) is 17.6 Å². The number of aliphatic hydroxyl groups is 1. The molecule has 0 unspecified atom stereocenters. The molecule has 0 saturated carbocycles. The van der Waals surface area contributed by atoms with Crippen molar-refractivity contribution in [3.63, 3.8) is 0 Å². The summed E-state index contributed by atoms with van der Waals surface area (Å²) < 4.78 is 6.35. The molecule has 0 spiro atoms. The highest BCUT2D eigenvalue weighted by Crippen LogP contribution is 2.19. The Morgan fingerprint density at radius 1 is 1.06 bits per heavy atom. The summed E-state index contributed by atoms with van der Waals surface area (Å²) in [7, 11) is 0. The van der Waals surface area contributed by atoms with Gasteiger partial charge in [0.15, 0.2) is 5.69 Å². The maximum atomic E-state index is 12.6. The first kappa shape index (κ1) is 22.8. The normalized spacial score (nSPS) is 14.4. The zero-order valence-corrected chi connectivity index (χ0v) is 19.1. The minimum absolute atomic E-state index is 0.170. The first-order chi connectivity index (χ1) is 17.0. The van der Waals surface area contributed by atoms with E-state index in [1.165, 1.54) is 23.5 Å². The van der Waals surface area contributed by atoms with Crippen LogP contribution in [0.4, 0.5) is 5.69 Å². The zero-order chi connectivity index (χ0) is 24.2. The number of amides is 2. The van der Waals surface area contributed by atoms with Crippen molar-refractivity contribution in [2.24, 2.45) is 0 Å². The van der Waals surface area contributed by atoms with Crippen LogP contribution < -0.4 is 10.6 Å². The molecule has 0 fully saturated rings. The van der Waals surface area contributed by atoms with E-state index < -0.39 is 12.0 Å². The molecule has 10 heteroatoms. The van der Waals surface area contributed by atoms with Gasteiger partial charge in [-0.3, -0.25) is 14.5 Å². The lowest BCUT2D eigenvalue weighted by atomic mass is 9.99. The van der Waals surface area contributed by atoms with E-state index in [1.807, 2.05) is 6.07 Å². The number of β-amino-alcohol motifs (C(OH)–C–C–N with tert-alkyl or cyclic N) is 1. The minimum atomic E-state index is -0.530. The van der Waals surface area contributed by atoms with Gasteiger partial charge in [-0.25, -0.2) is 4.98 Å². The van der Waals surface area contributed by atoms with E-state index in [4.69, 9.17) is 0 Å². The molecule has 180 valence electrons. The lowest BCUT2D eigenvalue weighted by Crippen LogP contribution is -2.38. The predicted molar refractivity (Wildman–Crippen MR) is 128 cm³/mol. The molecular formula is C25H26N6O4. The number of carbonyl (C=O) groups is 2. The fraction of sp³-hybridized carbons (Fsp3) is 0.280. The van der Waals surface area contributed by atoms with E-state index in [1.54, 1.807) is 28.9 Å². The number of rotatable bonds is 8. The summed E-state index contributed by atoms with van der Waals surface area (Å²) in [5, 5.41) is 19.6. The van der Waals surface area contributed by atoms with Gasteiger partial charge in [0, 0.05) is 44.6 Å². The third kappa shape index (κ3) is 5.39. The lowest BCUT2D eigenvalue weighted by molar-refractivity contribution is 0.0888. The number of carbonyl (C=O) groups excluding carboxylic acids is 2. The molecule has 0 radical (unpaired) electrons. The van der Waals surface area contributed by atoms with E-state index in [2.05, 4.69) is 48.4 Å². The van der Waals surface area contributed by atoms with Crippen LogP contribution in [-0.4, -0.2) is 62.1 Å². The maximum absolute atomic E-state index is 12.6. The van der Waals surface area contributed by atoms with E-state index in [9.17, 15) is 14.7 Å². The van der Waals surface area contributed by atoms with Crippen LogP contribution in [0.5, 0.6) is 0 Å². The van der Waals surface area contributed by atoms with Gasteiger partial charge < -0.3 is 24.7 Å². The van der Waals surface area contributed by atoms with Crippen molar-refractivity contribution in [1.29, 1.82) is 0 Å². The van der Waals surface area contributed by atoms with Crippen LogP contribution in [0, 0.1) is 0 Å². The maximum Gasteiger partial charge on any atom is 0.277 e. The summed E-state index contributed by atoms with van der Waals surface area (Å²) in [6, 6.07) is 13.3. The highest BCUT2D eigenvalue weighted by molar-refractivity contribution is 6.02. The van der Waals surface area contributed by atoms with Gasteiger partial charge in [-0.05, 0) is 36.1 Å². The van der Waals surface area contributed by atoms with Gasteiger partial charge in [-0.15, -0.1) is 0 Å². The van der Waals surface area contributed by atoms with Crippen LogP contribution in [0.15, 0.2) is 65.6 Å². The van der Waals surface area contributed by atoms with Crippen molar-refractivity contribution in [2.45, 2.75) is 25.5 Å². The zero-order valence-electron chi connectivity index (χ0n) is 19.1. The number of imidazole rings is 1. The van der Waals surface area contributed by atoms with Crippen molar-refractivity contribution >= 4 is 23.1 Å². The second-order valence-corrected chi connectivity index (χ2v) is 8.60. The Balaban J connectivity index is 1.11. The van der Waals surface area contributed by atoms with Gasteiger partial charge in [-0.1, -0.05) is 29.4 Å². The van der Waals surface area contributed by atoms with Crippen molar-refractivity contribution < 1.29 is 19.2 Å². The average molecular weight is 475 g/mol. The molecule has 4 heterocycles. The number of benzene rings is 1. The quantitative estimate of drug-likeness (QED) is 0.357. The number of hydrogen-bond donors (Lipinski definition) is 3. The van der Waals surface area contributed by atoms with Crippen LogP contribution in [0.1, 0.15) is 38.5 Å². The Hall–Kier alpha value is -4.02. The molecule has 0 saturated heterocycles. The minimum Gasteiger partial charge on any atom is -0.392 e. The van der Waals surface area contributed by atoms with Gasteiger partial charge in [0.2, 0.25) is 0 Å². The Morgan fingerprint density at radius 2 is 1.91 bits per heavy atom. The monoisotopic (exact) mass is 474 g/mol. The van der Waals surface area contributed by atoms with Crippen LogP contribution in [0.2, 0.25) is 0 Å². The molecule has 10 nitrogen and oxygen atoms in total. The van der Waals surface area contributed by atoms with Gasteiger partial charge in [0.25, 0.3) is 11.8 Å². The topological polar surface area (TPSA) is 125 Å². The molecule has 3 aromatic heterocycles. The highest BCUT2D eigenvalue weighted by Gasteiger charge is 2.19. The largest absolute Gasteiger partial charge is 0.392 e. The van der Waals surface area contributed by atoms with E-state index in [0.29, 0.717) is 30.8 Å². The summed E-state index contributed by atoms with van der Waals surface area (Å²) >= 11 is 0. The number of aromatic nitrogens is 3. The van der Waals surface area contributed by atoms with Crippen LogP contribution in [0.3, 0.4) is 0 Å². The number of nitrogens with zero attached hydrogens (tertiary/aromatic N) is 4. The molecule has 1 aliphatic rings. The molecule has 4 aromatic rings. The first-order valence-electron chi connectivity index (χ1n) is 11.5. The van der Waals surface area contributed by atoms with Crippen molar-refractivity contribution in [2.75, 3.05) is 25.0 Å². The van der Waals surface area contributed by atoms with Crippen molar-refractivity contribution in [3.8, 4) is 0 Å². The number of anilines is 1. The third-order valence-electron chi connectivity index (χ3n) is 6.05. The van der Waals surface area contributed by atoms with E-state index in [-0.39, 0.29) is 17.3 Å². The van der Waals surface area contributed by atoms with Crippen LogP contribution in [0.25, 0.3) is 5.65 Å².